The van der Waals surface area contributed by atoms with E-state index >= 15 is 0 Å². The fourth-order valence-corrected chi connectivity index (χ4v) is 3.51. The Labute approximate surface area is 120 Å². The van der Waals surface area contributed by atoms with Crippen molar-refractivity contribution in [3.8, 4) is 0 Å². The summed E-state index contributed by atoms with van der Waals surface area (Å²) in [7, 11) is 1.76. The van der Waals surface area contributed by atoms with Crippen LogP contribution in [0.15, 0.2) is 4.52 Å². The van der Waals surface area contributed by atoms with E-state index in [-0.39, 0.29) is 12.1 Å². The highest BCUT2D eigenvalue weighted by atomic mass is 16.5. The third-order valence-corrected chi connectivity index (χ3v) is 4.65. The van der Waals surface area contributed by atoms with Gasteiger partial charge in [0.2, 0.25) is 11.7 Å². The Balaban J connectivity index is 1.70. The van der Waals surface area contributed by atoms with Crippen molar-refractivity contribution >= 4 is 0 Å². The lowest BCUT2D eigenvalue weighted by Crippen LogP contribution is -2.27. The summed E-state index contributed by atoms with van der Waals surface area (Å²) in [6, 6.07) is 0.230. The van der Waals surface area contributed by atoms with E-state index in [1.807, 2.05) is 0 Å². The second kappa shape index (κ2) is 6.68. The smallest absolute Gasteiger partial charge is 0.243 e. The second-order valence-electron chi connectivity index (χ2n) is 6.05. The molecule has 112 valence electrons. The first kappa shape index (κ1) is 14.0. The highest BCUT2D eigenvalue weighted by molar-refractivity contribution is 4.99. The third kappa shape index (κ3) is 3.04. The Morgan fingerprint density at radius 2 is 1.95 bits per heavy atom. The minimum atomic E-state index is -0.00334. The Morgan fingerprint density at radius 3 is 2.65 bits per heavy atom. The number of aromatic nitrogens is 2. The van der Waals surface area contributed by atoms with Crippen LogP contribution in [0.5, 0.6) is 0 Å². The van der Waals surface area contributed by atoms with Crippen LogP contribution in [0.1, 0.15) is 75.2 Å². The number of hydrogen-bond acceptors (Lipinski definition) is 5. The molecule has 0 aromatic carbocycles. The molecule has 20 heavy (non-hydrogen) atoms. The molecule has 0 spiro atoms. The van der Waals surface area contributed by atoms with E-state index in [9.17, 15) is 0 Å². The molecule has 2 heterocycles. The Kier molecular flexibility index (Phi) is 4.68. The first-order valence-electron chi connectivity index (χ1n) is 7.98. The van der Waals surface area contributed by atoms with Gasteiger partial charge in [-0.2, -0.15) is 4.98 Å². The van der Waals surface area contributed by atoms with Gasteiger partial charge in [-0.05, 0) is 38.1 Å². The molecule has 0 radical (unpaired) electrons. The second-order valence-corrected chi connectivity index (χ2v) is 6.05. The van der Waals surface area contributed by atoms with Gasteiger partial charge in [0.1, 0.15) is 6.10 Å². The third-order valence-electron chi connectivity index (χ3n) is 4.65. The van der Waals surface area contributed by atoms with Gasteiger partial charge in [-0.15, -0.1) is 0 Å². The summed E-state index contributed by atoms with van der Waals surface area (Å²) in [6.07, 6.45) is 9.90. The summed E-state index contributed by atoms with van der Waals surface area (Å²) in [5.74, 6) is 2.01. The van der Waals surface area contributed by atoms with Gasteiger partial charge in [-0.3, -0.25) is 0 Å². The molecule has 0 amide bonds. The van der Waals surface area contributed by atoms with E-state index < -0.39 is 0 Å². The maximum Gasteiger partial charge on any atom is 0.243 e. The van der Waals surface area contributed by atoms with E-state index in [0.717, 1.165) is 24.7 Å². The maximum atomic E-state index is 5.67. The molecule has 2 unspecified atom stereocenters. The molecule has 1 saturated carbocycles. The number of nitrogens with zero attached hydrogens (tertiary/aromatic N) is 2. The summed E-state index contributed by atoms with van der Waals surface area (Å²) in [5.41, 5.74) is 0. The first-order valence-corrected chi connectivity index (χ1v) is 7.98. The average molecular weight is 279 g/mol. The molecule has 3 rings (SSSR count). The number of methoxy groups -OCH3 is 1. The molecule has 1 saturated heterocycles. The Hall–Kier alpha value is -0.940. The van der Waals surface area contributed by atoms with Crippen molar-refractivity contribution in [2.45, 2.75) is 63.5 Å². The number of piperidine rings is 1. The van der Waals surface area contributed by atoms with Gasteiger partial charge in [-0.1, -0.05) is 30.8 Å². The molecule has 2 atom stereocenters. The predicted molar refractivity (Wildman–Crippen MR) is 75.2 cm³/mol. The highest BCUT2D eigenvalue weighted by Gasteiger charge is 2.30. The highest BCUT2D eigenvalue weighted by Crippen LogP contribution is 2.35. The van der Waals surface area contributed by atoms with Crippen LogP contribution >= 0.6 is 0 Å². The maximum absolute atomic E-state index is 5.67. The van der Waals surface area contributed by atoms with Crippen LogP contribution < -0.4 is 5.32 Å². The average Bonchev–Trinajstić information content (AvgIpc) is 3.00. The van der Waals surface area contributed by atoms with Crippen LogP contribution in [0, 0.1) is 5.92 Å². The first-order chi connectivity index (χ1) is 9.88. The SMILES string of the molecule is COC(c1noc(C2CCCCN2)n1)C1CCCCC1. The van der Waals surface area contributed by atoms with Gasteiger partial charge < -0.3 is 14.6 Å². The molecule has 2 aliphatic rings. The molecular weight excluding hydrogens is 254 g/mol. The lowest BCUT2D eigenvalue weighted by Gasteiger charge is -2.27. The topological polar surface area (TPSA) is 60.2 Å². The molecule has 1 aromatic heterocycles. The van der Waals surface area contributed by atoms with Gasteiger partial charge in [0.05, 0.1) is 6.04 Å². The fraction of sp³-hybridized carbons (Fsp3) is 0.867. The van der Waals surface area contributed by atoms with Crippen molar-refractivity contribution in [1.82, 2.24) is 15.5 Å². The lowest BCUT2D eigenvalue weighted by atomic mass is 9.85. The van der Waals surface area contributed by atoms with Crippen molar-refractivity contribution < 1.29 is 9.26 Å². The standard InChI is InChI=1S/C15H25N3O2/c1-19-13(11-7-3-2-4-8-11)14-17-15(20-18-14)12-9-5-6-10-16-12/h11-13,16H,2-10H2,1H3. The van der Waals surface area contributed by atoms with Crippen molar-refractivity contribution in [3.63, 3.8) is 0 Å². The molecule has 0 bridgehead atoms. The van der Waals surface area contributed by atoms with Crippen LogP contribution in [0.25, 0.3) is 0 Å². The van der Waals surface area contributed by atoms with Crippen LogP contribution in [0.4, 0.5) is 0 Å². The largest absolute Gasteiger partial charge is 0.373 e. The van der Waals surface area contributed by atoms with Crippen LogP contribution in [-0.4, -0.2) is 23.8 Å². The zero-order chi connectivity index (χ0) is 13.8. The number of ether oxygens (including phenoxy) is 1. The quantitative estimate of drug-likeness (QED) is 0.917. The monoisotopic (exact) mass is 279 g/mol. The van der Waals surface area contributed by atoms with Gasteiger partial charge in [0.15, 0.2) is 0 Å². The zero-order valence-corrected chi connectivity index (χ0v) is 12.3. The van der Waals surface area contributed by atoms with E-state index in [1.165, 1.54) is 44.9 Å². The molecular formula is C15H25N3O2. The molecule has 1 aromatic rings. The van der Waals surface area contributed by atoms with Gasteiger partial charge in [0, 0.05) is 7.11 Å². The number of hydrogen-bond donors (Lipinski definition) is 1. The normalized spacial score (nSPS) is 26.6. The van der Waals surface area contributed by atoms with E-state index in [1.54, 1.807) is 7.11 Å². The fourth-order valence-electron chi connectivity index (χ4n) is 3.51. The Bertz CT molecular complexity index is 409. The lowest BCUT2D eigenvalue weighted by molar-refractivity contribution is 0.0273. The van der Waals surface area contributed by atoms with Crippen molar-refractivity contribution in [1.29, 1.82) is 0 Å². The summed E-state index contributed by atoms with van der Waals surface area (Å²) >= 11 is 0. The molecule has 1 aliphatic heterocycles. The van der Waals surface area contributed by atoms with E-state index in [4.69, 9.17) is 9.26 Å². The minimum Gasteiger partial charge on any atom is -0.373 e. The molecule has 5 nitrogen and oxygen atoms in total. The van der Waals surface area contributed by atoms with Crippen molar-refractivity contribution in [3.05, 3.63) is 11.7 Å². The van der Waals surface area contributed by atoms with Crippen LogP contribution in [0.2, 0.25) is 0 Å². The van der Waals surface area contributed by atoms with Crippen molar-refractivity contribution in [2.24, 2.45) is 5.92 Å². The molecule has 1 aliphatic carbocycles. The van der Waals surface area contributed by atoms with E-state index in [0.29, 0.717) is 5.92 Å². The molecule has 1 N–H and O–H groups in total. The molecule has 5 heteroatoms. The van der Waals surface area contributed by atoms with Crippen LogP contribution in [0.3, 0.4) is 0 Å². The summed E-state index contributed by atoms with van der Waals surface area (Å²) in [5, 5.41) is 7.63. The van der Waals surface area contributed by atoms with Gasteiger partial charge in [-0.25, -0.2) is 0 Å². The predicted octanol–water partition coefficient (Wildman–Crippen LogP) is 3.15. The zero-order valence-electron chi connectivity index (χ0n) is 12.3. The number of rotatable bonds is 4. The summed E-state index contributed by atoms with van der Waals surface area (Å²) < 4.78 is 11.1. The van der Waals surface area contributed by atoms with Crippen molar-refractivity contribution in [2.75, 3.05) is 13.7 Å². The van der Waals surface area contributed by atoms with Gasteiger partial charge in [0.25, 0.3) is 0 Å². The summed E-state index contributed by atoms with van der Waals surface area (Å²) in [4.78, 5) is 4.62. The Morgan fingerprint density at radius 1 is 1.15 bits per heavy atom. The number of nitrogens with one attached hydrogen (secondary N) is 1. The minimum absolute atomic E-state index is 0.00334. The van der Waals surface area contributed by atoms with E-state index in [2.05, 4.69) is 15.5 Å². The summed E-state index contributed by atoms with van der Waals surface area (Å²) in [6.45, 7) is 1.04. The van der Waals surface area contributed by atoms with Gasteiger partial charge >= 0.3 is 0 Å². The molecule has 2 fully saturated rings. The van der Waals surface area contributed by atoms with Crippen LogP contribution in [-0.2, 0) is 4.74 Å².